The van der Waals surface area contributed by atoms with Crippen LogP contribution in [0.2, 0.25) is 0 Å². The molecule has 3 rings (SSSR count). The van der Waals surface area contributed by atoms with Gasteiger partial charge in [-0.1, -0.05) is 6.42 Å². The molecule has 0 spiro atoms. The summed E-state index contributed by atoms with van der Waals surface area (Å²) in [6.45, 7) is 4.83. The molecule has 3 fully saturated rings. The van der Waals surface area contributed by atoms with Gasteiger partial charge in [-0.2, -0.15) is 0 Å². The summed E-state index contributed by atoms with van der Waals surface area (Å²) >= 11 is 0. The third-order valence-corrected chi connectivity index (χ3v) is 5.96. The fourth-order valence-corrected chi connectivity index (χ4v) is 4.61. The molecular weight excluding hydrogens is 264 g/mol. The van der Waals surface area contributed by atoms with Gasteiger partial charge in [0.15, 0.2) is 0 Å². The smallest absolute Gasteiger partial charge is 0.229 e. The van der Waals surface area contributed by atoms with Gasteiger partial charge >= 0.3 is 0 Å². The van der Waals surface area contributed by atoms with E-state index in [1.165, 1.54) is 25.7 Å². The van der Waals surface area contributed by atoms with Crippen LogP contribution in [-0.2, 0) is 9.53 Å². The van der Waals surface area contributed by atoms with Gasteiger partial charge in [0.1, 0.15) is 0 Å². The van der Waals surface area contributed by atoms with Crippen LogP contribution < -0.4 is 5.32 Å². The molecule has 1 N–H and O–H groups in total. The van der Waals surface area contributed by atoms with Gasteiger partial charge in [-0.25, -0.2) is 0 Å². The maximum atomic E-state index is 13.2. The molecule has 1 saturated carbocycles. The summed E-state index contributed by atoms with van der Waals surface area (Å²) in [6.07, 6.45) is 8.26. The van der Waals surface area contributed by atoms with Crippen LogP contribution >= 0.6 is 0 Å². The second-order valence-electron chi connectivity index (χ2n) is 7.27. The molecule has 2 unspecified atom stereocenters. The molecule has 1 amide bonds. The Kier molecular flexibility index (Phi) is 4.85. The second kappa shape index (κ2) is 6.66. The first-order chi connectivity index (χ1) is 10.3. The summed E-state index contributed by atoms with van der Waals surface area (Å²) in [5.74, 6) is 1.56. The van der Waals surface area contributed by atoms with E-state index in [-0.39, 0.29) is 5.41 Å². The van der Waals surface area contributed by atoms with Crippen molar-refractivity contribution >= 4 is 5.91 Å². The minimum atomic E-state index is -0.0254. The summed E-state index contributed by atoms with van der Waals surface area (Å²) in [5.41, 5.74) is -0.0254. The lowest BCUT2D eigenvalue weighted by atomic mass is 9.58. The highest BCUT2D eigenvalue weighted by atomic mass is 16.5. The highest BCUT2D eigenvalue weighted by Crippen LogP contribution is 2.50. The Morgan fingerprint density at radius 3 is 2.76 bits per heavy atom. The number of carbonyl (C=O) groups excluding carboxylic acids is 1. The second-order valence-corrected chi connectivity index (χ2v) is 7.27. The molecule has 3 aliphatic rings. The minimum Gasteiger partial charge on any atom is -0.384 e. The Morgan fingerprint density at radius 1 is 1.29 bits per heavy atom. The first-order valence-corrected chi connectivity index (χ1v) is 8.75. The van der Waals surface area contributed by atoms with Gasteiger partial charge < -0.3 is 15.0 Å². The Bertz CT molecular complexity index is 360. The molecule has 0 aromatic carbocycles. The number of hydrogen-bond acceptors (Lipinski definition) is 3. The molecule has 2 aliphatic heterocycles. The van der Waals surface area contributed by atoms with Gasteiger partial charge in [0.2, 0.25) is 5.91 Å². The highest BCUT2D eigenvalue weighted by Gasteiger charge is 2.51. The van der Waals surface area contributed by atoms with Crippen molar-refractivity contribution in [1.29, 1.82) is 0 Å². The highest BCUT2D eigenvalue weighted by molar-refractivity contribution is 5.84. The van der Waals surface area contributed by atoms with Gasteiger partial charge in [0.25, 0.3) is 0 Å². The van der Waals surface area contributed by atoms with E-state index < -0.39 is 0 Å². The van der Waals surface area contributed by atoms with Gasteiger partial charge in [-0.15, -0.1) is 0 Å². The van der Waals surface area contributed by atoms with Crippen LogP contribution in [0.25, 0.3) is 0 Å². The van der Waals surface area contributed by atoms with E-state index in [0.717, 1.165) is 52.0 Å². The van der Waals surface area contributed by atoms with E-state index in [9.17, 15) is 4.79 Å². The maximum absolute atomic E-state index is 13.2. The Balaban J connectivity index is 1.67. The molecule has 0 aromatic heterocycles. The molecule has 21 heavy (non-hydrogen) atoms. The van der Waals surface area contributed by atoms with E-state index in [4.69, 9.17) is 4.74 Å². The monoisotopic (exact) mass is 294 g/mol. The molecule has 120 valence electrons. The number of likely N-dealkylation sites (tertiary alicyclic amines) is 1. The van der Waals surface area contributed by atoms with Crippen LogP contribution in [-0.4, -0.2) is 50.7 Å². The Morgan fingerprint density at radius 2 is 2.14 bits per heavy atom. The zero-order chi connectivity index (χ0) is 14.7. The zero-order valence-electron chi connectivity index (χ0n) is 13.4. The Labute approximate surface area is 128 Å². The standard InChI is InChI=1S/C17H30N2O2/c1-21-13-14-5-3-10-19(12-14)16(20)17(7-4-8-17)15-6-2-9-18-11-15/h14-15,18H,2-13H2,1H3. The topological polar surface area (TPSA) is 41.6 Å². The number of ether oxygens (including phenoxy) is 1. The zero-order valence-corrected chi connectivity index (χ0v) is 13.4. The summed E-state index contributed by atoms with van der Waals surface area (Å²) < 4.78 is 5.30. The average Bonchev–Trinajstić information content (AvgIpc) is 2.48. The normalized spacial score (nSPS) is 32.5. The molecule has 4 nitrogen and oxygen atoms in total. The van der Waals surface area contributed by atoms with Crippen LogP contribution in [0.1, 0.15) is 44.9 Å². The van der Waals surface area contributed by atoms with Crippen molar-refractivity contribution in [3.8, 4) is 0 Å². The van der Waals surface area contributed by atoms with Gasteiger partial charge in [0, 0.05) is 20.2 Å². The number of piperidine rings is 2. The number of amides is 1. The fourth-order valence-electron chi connectivity index (χ4n) is 4.61. The predicted molar refractivity (Wildman–Crippen MR) is 83.1 cm³/mol. The van der Waals surface area contributed by atoms with E-state index in [2.05, 4.69) is 10.2 Å². The lowest BCUT2D eigenvalue weighted by molar-refractivity contribution is -0.155. The molecule has 1 aliphatic carbocycles. The third kappa shape index (κ3) is 2.98. The number of carbonyl (C=O) groups is 1. The molecule has 4 heteroatoms. The van der Waals surface area contributed by atoms with E-state index in [1.807, 2.05) is 0 Å². The first-order valence-electron chi connectivity index (χ1n) is 8.75. The molecule has 2 atom stereocenters. The molecule has 0 radical (unpaired) electrons. The Hall–Kier alpha value is -0.610. The van der Waals surface area contributed by atoms with Crippen molar-refractivity contribution < 1.29 is 9.53 Å². The lowest BCUT2D eigenvalue weighted by Gasteiger charge is -2.51. The van der Waals surface area contributed by atoms with Gasteiger partial charge in [-0.3, -0.25) is 4.79 Å². The molecule has 2 saturated heterocycles. The third-order valence-electron chi connectivity index (χ3n) is 5.96. The van der Waals surface area contributed by atoms with Crippen molar-refractivity contribution in [3.05, 3.63) is 0 Å². The number of nitrogens with one attached hydrogen (secondary N) is 1. The summed E-state index contributed by atoms with van der Waals surface area (Å²) in [6, 6.07) is 0. The minimum absolute atomic E-state index is 0.0254. The molecule has 0 aromatic rings. The number of methoxy groups -OCH3 is 1. The quantitative estimate of drug-likeness (QED) is 0.863. The summed E-state index contributed by atoms with van der Waals surface area (Å²) in [5, 5.41) is 3.50. The van der Waals surface area contributed by atoms with E-state index in [1.54, 1.807) is 7.11 Å². The van der Waals surface area contributed by atoms with Gasteiger partial charge in [0.05, 0.1) is 12.0 Å². The first kappa shape index (κ1) is 15.3. The van der Waals surface area contributed by atoms with Crippen LogP contribution in [0.5, 0.6) is 0 Å². The average molecular weight is 294 g/mol. The van der Waals surface area contributed by atoms with Crippen LogP contribution in [0.15, 0.2) is 0 Å². The fraction of sp³-hybridized carbons (Fsp3) is 0.941. The molecule has 2 heterocycles. The summed E-state index contributed by atoms with van der Waals surface area (Å²) in [4.78, 5) is 15.4. The van der Waals surface area contributed by atoms with Crippen LogP contribution in [0.4, 0.5) is 0 Å². The van der Waals surface area contributed by atoms with Crippen molar-refractivity contribution in [2.24, 2.45) is 17.3 Å². The van der Waals surface area contributed by atoms with Gasteiger partial charge in [-0.05, 0) is 63.5 Å². The summed E-state index contributed by atoms with van der Waals surface area (Å²) in [7, 11) is 1.77. The van der Waals surface area contributed by atoms with Crippen molar-refractivity contribution in [2.75, 3.05) is 39.9 Å². The SMILES string of the molecule is COCC1CCCN(C(=O)C2(C3CCCNC3)CCC2)C1. The number of rotatable bonds is 4. The van der Waals surface area contributed by atoms with Crippen molar-refractivity contribution in [2.45, 2.75) is 44.9 Å². The van der Waals surface area contributed by atoms with Crippen LogP contribution in [0, 0.1) is 17.3 Å². The lowest BCUT2D eigenvalue weighted by Crippen LogP contribution is -2.57. The number of nitrogens with zero attached hydrogens (tertiary/aromatic N) is 1. The predicted octanol–water partition coefficient (Wildman–Crippen LogP) is 2.04. The van der Waals surface area contributed by atoms with E-state index >= 15 is 0 Å². The molecule has 0 bridgehead atoms. The molecular formula is C17H30N2O2. The largest absolute Gasteiger partial charge is 0.384 e. The van der Waals surface area contributed by atoms with Crippen molar-refractivity contribution in [1.82, 2.24) is 10.2 Å². The van der Waals surface area contributed by atoms with Crippen LogP contribution in [0.3, 0.4) is 0 Å². The van der Waals surface area contributed by atoms with Crippen molar-refractivity contribution in [3.63, 3.8) is 0 Å². The maximum Gasteiger partial charge on any atom is 0.229 e. The number of hydrogen-bond donors (Lipinski definition) is 1. The van der Waals surface area contributed by atoms with E-state index in [0.29, 0.717) is 17.7 Å².